The molecule has 1 aromatic carbocycles. The van der Waals surface area contributed by atoms with Crippen LogP contribution in [0, 0.1) is 27.9 Å². The van der Waals surface area contributed by atoms with Crippen molar-refractivity contribution < 1.29 is 14.5 Å². The number of aromatic nitrogens is 1. The molecule has 6 atom stereocenters. The largest absolute Gasteiger partial charge is 0.383 e. The number of amides is 1. The predicted octanol–water partition coefficient (Wildman–Crippen LogP) is 3.66. The molecular weight excluding hydrogens is 546 g/mol. The fourth-order valence-electron chi connectivity index (χ4n) is 9.24. The number of piperidine rings is 3. The first kappa shape index (κ1) is 28.5. The van der Waals surface area contributed by atoms with Crippen LogP contribution in [0.5, 0.6) is 0 Å². The first-order valence-electron chi connectivity index (χ1n) is 16.2. The van der Waals surface area contributed by atoms with Crippen molar-refractivity contribution in [2.24, 2.45) is 17.8 Å². The van der Waals surface area contributed by atoms with Crippen molar-refractivity contribution in [3.8, 4) is 0 Å². The fraction of sp³-hybridized carbons (Fsp3) is 0.636. The lowest BCUT2D eigenvalue weighted by Crippen LogP contribution is -2.62. The Labute approximate surface area is 252 Å². The second-order valence-corrected chi connectivity index (χ2v) is 13.4. The summed E-state index contributed by atoms with van der Waals surface area (Å²) < 4.78 is 7.42. The zero-order valence-corrected chi connectivity index (χ0v) is 25.1. The Balaban J connectivity index is 1.24. The average Bonchev–Trinajstić information content (AvgIpc) is 3.02. The maximum Gasteiger partial charge on any atom is 0.269 e. The van der Waals surface area contributed by atoms with E-state index in [1.165, 1.54) is 25.7 Å². The molecule has 6 heterocycles. The van der Waals surface area contributed by atoms with Crippen molar-refractivity contribution in [3.05, 3.63) is 68.1 Å². The van der Waals surface area contributed by atoms with Crippen molar-refractivity contribution in [3.63, 3.8) is 0 Å². The third-order valence-corrected chi connectivity index (χ3v) is 11.1. The van der Waals surface area contributed by atoms with Gasteiger partial charge in [-0.15, -0.1) is 0 Å². The number of nitro benzene ring substituents is 1. The Morgan fingerprint density at radius 1 is 1.12 bits per heavy atom. The minimum Gasteiger partial charge on any atom is -0.383 e. The van der Waals surface area contributed by atoms with E-state index in [0.29, 0.717) is 44.6 Å². The van der Waals surface area contributed by atoms with Gasteiger partial charge < -0.3 is 24.0 Å². The highest BCUT2D eigenvalue weighted by molar-refractivity contribution is 5.82. The van der Waals surface area contributed by atoms with Crippen LogP contribution in [0.2, 0.25) is 0 Å². The zero-order valence-electron chi connectivity index (χ0n) is 25.1. The number of rotatable bonds is 7. The molecule has 7 rings (SSSR count). The topological polar surface area (TPSA) is 101 Å². The third kappa shape index (κ3) is 5.16. The van der Waals surface area contributed by atoms with Crippen molar-refractivity contribution in [2.45, 2.75) is 69.5 Å². The van der Waals surface area contributed by atoms with E-state index in [4.69, 9.17) is 4.74 Å². The van der Waals surface area contributed by atoms with E-state index in [-0.39, 0.29) is 45.9 Å². The first-order chi connectivity index (χ1) is 20.9. The molecule has 43 heavy (non-hydrogen) atoms. The van der Waals surface area contributed by atoms with Gasteiger partial charge in [-0.2, -0.15) is 0 Å². The van der Waals surface area contributed by atoms with Gasteiger partial charge in [0.2, 0.25) is 5.91 Å². The molecule has 5 aliphatic heterocycles. The highest BCUT2D eigenvalue weighted by atomic mass is 16.6. The summed E-state index contributed by atoms with van der Waals surface area (Å²) in [6.07, 6.45) is 7.43. The zero-order chi connectivity index (χ0) is 29.7. The Hall–Kier alpha value is -3.24. The number of nitro groups is 1. The van der Waals surface area contributed by atoms with Gasteiger partial charge in [-0.25, -0.2) is 0 Å². The number of fused-ring (bicyclic) bond motifs is 9. The molecule has 10 nitrogen and oxygen atoms in total. The van der Waals surface area contributed by atoms with Crippen LogP contribution in [0.15, 0.2) is 41.2 Å². The van der Waals surface area contributed by atoms with Gasteiger partial charge in [0.05, 0.1) is 17.4 Å². The number of carbonyl (C=O) groups is 1. The van der Waals surface area contributed by atoms with E-state index >= 15 is 0 Å². The number of nitrogens with zero attached hydrogens (tertiary/aromatic N) is 5. The number of non-ortho nitro benzene ring substituents is 1. The first-order valence-corrected chi connectivity index (χ1v) is 16.2. The van der Waals surface area contributed by atoms with E-state index in [1.807, 2.05) is 16.7 Å². The molecule has 0 radical (unpaired) electrons. The molecule has 10 heteroatoms. The smallest absolute Gasteiger partial charge is 0.269 e. The quantitative estimate of drug-likeness (QED) is 0.359. The van der Waals surface area contributed by atoms with Gasteiger partial charge in [-0.1, -0.05) is 12.5 Å². The molecule has 0 aliphatic carbocycles. The van der Waals surface area contributed by atoms with Crippen LogP contribution in [0.4, 0.5) is 11.4 Å². The van der Waals surface area contributed by atoms with Gasteiger partial charge >= 0.3 is 0 Å². The Kier molecular flexibility index (Phi) is 7.75. The molecule has 3 fully saturated rings. The molecule has 1 amide bonds. The SMILES string of the molecule is COCCN(C[C@@H]1CCCN2CCCC[C@H]12)C(=O)[C@@H]1Cc2cc([N+](=O)[O-])ccc2N2C[C@@H]3C[C@@H](Cn4c3cccc4=O)[C@@H]12. The van der Waals surface area contributed by atoms with Gasteiger partial charge in [-0.3, -0.25) is 19.7 Å². The number of hydrogen-bond donors (Lipinski definition) is 0. The minimum absolute atomic E-state index is 0.0198. The molecule has 2 aromatic rings. The summed E-state index contributed by atoms with van der Waals surface area (Å²) in [5.74, 6) is 0.534. The van der Waals surface area contributed by atoms with E-state index < -0.39 is 0 Å². The van der Waals surface area contributed by atoms with Gasteiger partial charge in [0.15, 0.2) is 0 Å². The molecule has 0 unspecified atom stereocenters. The average molecular weight is 590 g/mol. The fourth-order valence-corrected chi connectivity index (χ4v) is 9.24. The predicted molar refractivity (Wildman–Crippen MR) is 163 cm³/mol. The highest BCUT2D eigenvalue weighted by Crippen LogP contribution is 2.48. The number of methoxy groups -OCH3 is 1. The Morgan fingerprint density at radius 3 is 2.81 bits per heavy atom. The summed E-state index contributed by atoms with van der Waals surface area (Å²) in [6.45, 7) is 5.35. The van der Waals surface area contributed by atoms with E-state index in [0.717, 1.165) is 49.4 Å². The molecule has 5 aliphatic rings. The standard InChI is InChI=1S/C33H43N5O5/c1-43-15-14-35(19-22-6-5-13-34-12-3-2-7-28(22)34)33(40)27-18-23-17-26(38(41)42)10-11-30(23)37-20-24-16-25(32(27)37)21-36-29(24)8-4-9-31(36)39/h4,8-11,17,22,24-25,27-28,32H,2-3,5-7,12-16,18-21H2,1H3/t22-,24-,25-,27+,28+,32-/m0/s1. The minimum atomic E-state index is -0.347. The molecule has 1 aromatic heterocycles. The van der Waals surface area contributed by atoms with Crippen LogP contribution in [-0.4, -0.2) is 83.7 Å². The molecule has 3 saturated heterocycles. The van der Waals surface area contributed by atoms with Crippen molar-refractivity contribution in [1.29, 1.82) is 0 Å². The highest BCUT2D eigenvalue weighted by Gasteiger charge is 2.50. The molecule has 0 N–H and O–H groups in total. The Bertz CT molecular complexity index is 1440. The molecule has 0 spiro atoms. The molecular formula is C33H43N5O5. The second-order valence-electron chi connectivity index (χ2n) is 13.4. The summed E-state index contributed by atoms with van der Waals surface area (Å²) in [5, 5.41) is 11.7. The summed E-state index contributed by atoms with van der Waals surface area (Å²) in [4.78, 5) is 46.2. The monoisotopic (exact) mass is 589 g/mol. The van der Waals surface area contributed by atoms with Gasteiger partial charge in [-0.05, 0) is 81.1 Å². The summed E-state index contributed by atoms with van der Waals surface area (Å²) in [5.41, 5.74) is 3.00. The summed E-state index contributed by atoms with van der Waals surface area (Å²) in [6, 6.07) is 11.1. The number of hydrogen-bond acceptors (Lipinski definition) is 7. The van der Waals surface area contributed by atoms with Gasteiger partial charge in [0.25, 0.3) is 11.2 Å². The number of benzene rings is 1. The number of carbonyl (C=O) groups excluding carboxylic acids is 1. The number of pyridine rings is 1. The molecule has 2 bridgehead atoms. The van der Waals surface area contributed by atoms with E-state index in [1.54, 1.807) is 25.3 Å². The molecule has 230 valence electrons. The van der Waals surface area contributed by atoms with E-state index in [2.05, 4.69) is 20.8 Å². The lowest BCUT2D eigenvalue weighted by Gasteiger charge is -2.55. The van der Waals surface area contributed by atoms with Crippen molar-refractivity contribution in [2.75, 3.05) is 51.3 Å². The maximum atomic E-state index is 14.8. The summed E-state index contributed by atoms with van der Waals surface area (Å²) >= 11 is 0. The lowest BCUT2D eigenvalue weighted by molar-refractivity contribution is -0.384. The maximum absolute atomic E-state index is 14.8. The number of anilines is 1. The van der Waals surface area contributed by atoms with E-state index in [9.17, 15) is 19.7 Å². The Morgan fingerprint density at radius 2 is 1.98 bits per heavy atom. The van der Waals surface area contributed by atoms with Gasteiger partial charge in [0.1, 0.15) is 0 Å². The lowest BCUT2D eigenvalue weighted by atomic mass is 9.69. The van der Waals surface area contributed by atoms with Crippen LogP contribution in [0.1, 0.15) is 55.7 Å². The van der Waals surface area contributed by atoms with Crippen LogP contribution in [0.25, 0.3) is 0 Å². The van der Waals surface area contributed by atoms with Gasteiger partial charge in [0, 0.05) is 80.9 Å². The van der Waals surface area contributed by atoms with Crippen LogP contribution in [-0.2, 0) is 22.5 Å². The van der Waals surface area contributed by atoms with Crippen LogP contribution < -0.4 is 10.5 Å². The van der Waals surface area contributed by atoms with Crippen molar-refractivity contribution in [1.82, 2.24) is 14.4 Å². The third-order valence-electron chi connectivity index (χ3n) is 11.1. The second kappa shape index (κ2) is 11.7. The van der Waals surface area contributed by atoms with Crippen LogP contribution >= 0.6 is 0 Å². The molecule has 0 saturated carbocycles. The normalized spacial score (nSPS) is 29.6. The van der Waals surface area contributed by atoms with Crippen LogP contribution in [0.3, 0.4) is 0 Å². The summed E-state index contributed by atoms with van der Waals surface area (Å²) in [7, 11) is 1.68. The number of ether oxygens (including phenoxy) is 1. The van der Waals surface area contributed by atoms with Crippen molar-refractivity contribution >= 4 is 17.3 Å².